The first-order valence-corrected chi connectivity index (χ1v) is 4.96. The van der Waals surface area contributed by atoms with E-state index in [1.54, 1.807) is 0 Å². The van der Waals surface area contributed by atoms with E-state index in [9.17, 15) is 25.5 Å². The van der Waals surface area contributed by atoms with Crippen molar-refractivity contribution in [2.45, 2.75) is 6.18 Å². The molecule has 0 radical (unpaired) electrons. The van der Waals surface area contributed by atoms with Gasteiger partial charge in [0.05, 0.1) is 11.3 Å². The van der Waals surface area contributed by atoms with E-state index in [4.69, 9.17) is 0 Å². The number of hydrogen-bond donors (Lipinski definition) is 1. The third kappa shape index (κ3) is 3.74. The molecular formula is C7H5F4NO2S. The van der Waals surface area contributed by atoms with E-state index in [0.29, 0.717) is 12.1 Å². The normalized spacial score (nSPS) is 12.5. The monoisotopic (exact) mass is 243 g/mol. The summed E-state index contributed by atoms with van der Waals surface area (Å²) < 4.78 is 69.7. The molecule has 15 heavy (non-hydrogen) atoms. The van der Waals surface area contributed by atoms with Gasteiger partial charge < -0.3 is 0 Å². The molecule has 1 rings (SSSR count). The van der Waals surface area contributed by atoms with Crippen LogP contribution in [0.25, 0.3) is 0 Å². The van der Waals surface area contributed by atoms with Crippen LogP contribution < -0.4 is 4.72 Å². The molecule has 0 atom stereocenters. The quantitative estimate of drug-likeness (QED) is 0.640. The lowest BCUT2D eigenvalue weighted by Gasteiger charge is -2.07. The number of benzene rings is 1. The molecule has 84 valence electrons. The fourth-order valence-corrected chi connectivity index (χ4v) is 1.29. The Morgan fingerprint density at radius 3 is 1.87 bits per heavy atom. The van der Waals surface area contributed by atoms with Crippen molar-refractivity contribution in [2.24, 2.45) is 0 Å². The van der Waals surface area contributed by atoms with Gasteiger partial charge in [-0.15, -0.1) is 0 Å². The molecule has 0 fully saturated rings. The Labute approximate surface area is 83.1 Å². The maximum atomic E-state index is 12.0. The highest BCUT2D eigenvalue weighted by molar-refractivity contribution is 7.87. The van der Waals surface area contributed by atoms with Crippen LogP contribution in [0.2, 0.25) is 0 Å². The van der Waals surface area contributed by atoms with Crippen LogP contribution in [-0.4, -0.2) is 8.42 Å². The molecule has 8 heteroatoms. The highest BCUT2D eigenvalue weighted by Crippen LogP contribution is 2.29. The van der Waals surface area contributed by atoms with Crippen molar-refractivity contribution in [2.75, 3.05) is 4.72 Å². The second kappa shape index (κ2) is 3.69. The fraction of sp³-hybridized carbons (Fsp3) is 0.143. The van der Waals surface area contributed by atoms with Crippen LogP contribution in [0.4, 0.5) is 22.7 Å². The SMILES string of the molecule is O=S(=O)(F)Nc1ccc(C(F)(F)F)cc1. The van der Waals surface area contributed by atoms with Gasteiger partial charge in [0, 0.05) is 0 Å². The molecule has 1 N–H and O–H groups in total. The molecule has 0 saturated carbocycles. The number of nitrogens with one attached hydrogen (secondary N) is 1. The predicted molar refractivity (Wildman–Crippen MR) is 45.1 cm³/mol. The van der Waals surface area contributed by atoms with Gasteiger partial charge in [0.25, 0.3) is 0 Å². The van der Waals surface area contributed by atoms with E-state index in [0.717, 1.165) is 12.1 Å². The van der Waals surface area contributed by atoms with Gasteiger partial charge >= 0.3 is 16.6 Å². The number of hydrogen-bond acceptors (Lipinski definition) is 2. The van der Waals surface area contributed by atoms with Crippen LogP contribution in [0.15, 0.2) is 24.3 Å². The van der Waals surface area contributed by atoms with Gasteiger partial charge in [0.1, 0.15) is 0 Å². The molecule has 3 nitrogen and oxygen atoms in total. The number of alkyl halides is 3. The lowest BCUT2D eigenvalue weighted by atomic mass is 10.2. The predicted octanol–water partition coefficient (Wildman–Crippen LogP) is 2.33. The van der Waals surface area contributed by atoms with Gasteiger partial charge in [0.2, 0.25) is 0 Å². The summed E-state index contributed by atoms with van der Waals surface area (Å²) in [6.45, 7) is 0. The van der Waals surface area contributed by atoms with E-state index in [1.165, 1.54) is 4.72 Å². The molecule has 0 unspecified atom stereocenters. The van der Waals surface area contributed by atoms with Gasteiger partial charge in [-0.3, -0.25) is 4.72 Å². The number of rotatable bonds is 2. The number of halogens is 4. The van der Waals surface area contributed by atoms with E-state index in [2.05, 4.69) is 0 Å². The van der Waals surface area contributed by atoms with Crippen molar-refractivity contribution in [1.29, 1.82) is 0 Å². The van der Waals surface area contributed by atoms with Crippen molar-refractivity contribution < 1.29 is 25.5 Å². The molecular weight excluding hydrogens is 238 g/mol. The van der Waals surface area contributed by atoms with Crippen LogP contribution in [0, 0.1) is 0 Å². The standard InChI is InChI=1S/C7H5F4NO2S/c8-7(9,10)5-1-3-6(4-2-5)12-15(11,13)14/h1-4,12H. The largest absolute Gasteiger partial charge is 0.416 e. The van der Waals surface area contributed by atoms with Crippen molar-refractivity contribution in [3.63, 3.8) is 0 Å². The molecule has 0 aliphatic rings. The van der Waals surface area contributed by atoms with Gasteiger partial charge in [-0.2, -0.15) is 21.6 Å². The summed E-state index contributed by atoms with van der Waals surface area (Å²) in [5, 5.41) is 0. The van der Waals surface area contributed by atoms with Crippen LogP contribution in [0.3, 0.4) is 0 Å². The minimum Gasteiger partial charge on any atom is -0.257 e. The third-order valence-electron chi connectivity index (χ3n) is 1.45. The minimum absolute atomic E-state index is 0.273. The van der Waals surface area contributed by atoms with Crippen LogP contribution in [0.5, 0.6) is 0 Å². The molecule has 0 amide bonds. The Balaban J connectivity index is 2.91. The van der Waals surface area contributed by atoms with Gasteiger partial charge in [-0.1, -0.05) is 3.89 Å². The van der Waals surface area contributed by atoms with Crippen LogP contribution in [-0.2, 0) is 16.6 Å². The Morgan fingerprint density at radius 2 is 1.53 bits per heavy atom. The first kappa shape index (κ1) is 11.8. The highest BCUT2D eigenvalue weighted by Gasteiger charge is 2.30. The Hall–Kier alpha value is -1.31. The van der Waals surface area contributed by atoms with Crippen LogP contribution >= 0.6 is 0 Å². The molecule has 1 aromatic rings. The molecule has 0 spiro atoms. The summed E-state index contributed by atoms with van der Waals surface area (Å²) in [6.07, 6.45) is -4.51. The lowest BCUT2D eigenvalue weighted by Crippen LogP contribution is -2.07. The summed E-state index contributed by atoms with van der Waals surface area (Å²) in [5.74, 6) is 0. The van der Waals surface area contributed by atoms with Crippen molar-refractivity contribution >= 4 is 16.1 Å². The molecule has 0 aliphatic carbocycles. The van der Waals surface area contributed by atoms with Crippen molar-refractivity contribution in [3.8, 4) is 0 Å². The average molecular weight is 243 g/mol. The Morgan fingerprint density at radius 1 is 1.07 bits per heavy atom. The molecule has 0 bridgehead atoms. The van der Waals surface area contributed by atoms with E-state index >= 15 is 0 Å². The van der Waals surface area contributed by atoms with Crippen LogP contribution in [0.1, 0.15) is 5.56 Å². The Bertz CT molecular complexity index is 437. The second-order valence-electron chi connectivity index (χ2n) is 2.62. The first-order valence-electron chi connectivity index (χ1n) is 3.58. The fourth-order valence-electron chi connectivity index (χ4n) is 0.868. The lowest BCUT2D eigenvalue weighted by molar-refractivity contribution is -0.137. The van der Waals surface area contributed by atoms with Gasteiger partial charge in [-0.05, 0) is 24.3 Å². The number of anilines is 1. The molecule has 0 aromatic heterocycles. The summed E-state index contributed by atoms with van der Waals surface area (Å²) >= 11 is 0. The van der Waals surface area contributed by atoms with Gasteiger partial charge in [0.15, 0.2) is 0 Å². The van der Waals surface area contributed by atoms with E-state index in [-0.39, 0.29) is 5.69 Å². The maximum Gasteiger partial charge on any atom is 0.416 e. The topological polar surface area (TPSA) is 46.2 Å². The zero-order valence-electron chi connectivity index (χ0n) is 7.05. The maximum absolute atomic E-state index is 12.0. The zero-order chi connectivity index (χ0) is 11.7. The van der Waals surface area contributed by atoms with Gasteiger partial charge in [-0.25, -0.2) is 0 Å². The average Bonchev–Trinajstić information content (AvgIpc) is 2.00. The molecule has 1 aromatic carbocycles. The van der Waals surface area contributed by atoms with E-state index < -0.39 is 22.1 Å². The first-order chi connectivity index (χ1) is 6.68. The molecule has 0 heterocycles. The highest BCUT2D eigenvalue weighted by atomic mass is 32.3. The van der Waals surface area contributed by atoms with Crippen molar-refractivity contribution in [3.05, 3.63) is 29.8 Å². The zero-order valence-corrected chi connectivity index (χ0v) is 7.86. The second-order valence-corrected chi connectivity index (χ2v) is 3.69. The summed E-state index contributed by atoms with van der Waals surface area (Å²) in [5.41, 5.74) is -1.21. The van der Waals surface area contributed by atoms with Crippen molar-refractivity contribution in [1.82, 2.24) is 0 Å². The van der Waals surface area contributed by atoms with E-state index in [1.807, 2.05) is 0 Å². The summed E-state index contributed by atoms with van der Waals surface area (Å²) in [6, 6.07) is 2.93. The molecule has 0 saturated heterocycles. The smallest absolute Gasteiger partial charge is 0.257 e. The summed E-state index contributed by atoms with van der Waals surface area (Å²) in [4.78, 5) is 0. The Kier molecular flexibility index (Phi) is 2.89. The summed E-state index contributed by atoms with van der Waals surface area (Å²) in [7, 11) is -4.96. The minimum atomic E-state index is -4.96. The third-order valence-corrected chi connectivity index (χ3v) is 1.93. The molecule has 0 aliphatic heterocycles.